The highest BCUT2D eigenvalue weighted by atomic mass is 19.1. The third kappa shape index (κ3) is 3.12. The van der Waals surface area contributed by atoms with Crippen LogP contribution in [-0.2, 0) is 13.6 Å². The van der Waals surface area contributed by atoms with Gasteiger partial charge in [0.2, 0.25) is 0 Å². The van der Waals surface area contributed by atoms with Crippen molar-refractivity contribution >= 4 is 0 Å². The van der Waals surface area contributed by atoms with Crippen molar-refractivity contribution in [2.24, 2.45) is 7.05 Å². The molecule has 0 bridgehead atoms. The molecule has 0 aliphatic rings. The fourth-order valence-corrected chi connectivity index (χ4v) is 1.61. The molecule has 18 heavy (non-hydrogen) atoms. The molecule has 0 fully saturated rings. The monoisotopic (exact) mass is 250 g/mol. The van der Waals surface area contributed by atoms with Gasteiger partial charge in [-0.05, 0) is 17.7 Å². The molecule has 1 aromatic carbocycles. The molecule has 0 aliphatic carbocycles. The van der Waals surface area contributed by atoms with Crippen LogP contribution >= 0.6 is 0 Å². The first-order valence-corrected chi connectivity index (χ1v) is 5.64. The Morgan fingerprint density at radius 3 is 2.72 bits per heavy atom. The van der Waals surface area contributed by atoms with Crippen molar-refractivity contribution in [2.45, 2.75) is 12.6 Å². The van der Waals surface area contributed by atoms with Gasteiger partial charge in [0.25, 0.3) is 0 Å². The summed E-state index contributed by atoms with van der Waals surface area (Å²) in [6, 6.07) is 5.83. The number of aliphatic hydroxyl groups excluding tert-OH is 1. The lowest BCUT2D eigenvalue weighted by atomic mass is 10.1. The van der Waals surface area contributed by atoms with E-state index in [-0.39, 0.29) is 5.82 Å². The number of hydrogen-bond acceptors (Lipinski definition) is 4. The lowest BCUT2D eigenvalue weighted by Gasteiger charge is -2.12. The van der Waals surface area contributed by atoms with Crippen LogP contribution in [0.25, 0.3) is 0 Å². The minimum absolute atomic E-state index is 0.306. The Balaban J connectivity index is 1.83. The van der Waals surface area contributed by atoms with Crippen LogP contribution in [-0.4, -0.2) is 26.6 Å². The number of aromatic nitrogens is 3. The van der Waals surface area contributed by atoms with Gasteiger partial charge in [-0.25, -0.2) is 4.39 Å². The summed E-state index contributed by atoms with van der Waals surface area (Å²) in [4.78, 5) is 0. The van der Waals surface area contributed by atoms with Gasteiger partial charge >= 0.3 is 0 Å². The molecular weight excluding hydrogens is 235 g/mol. The number of aliphatic hydroxyl groups is 1. The standard InChI is InChI=1S/C12H15FN4O/c1-17-11(7-15-16-17)6-14-8-12(18)9-2-4-10(13)5-3-9/h2-5,7,12,14,18H,6,8H2,1H3. The maximum absolute atomic E-state index is 12.7. The van der Waals surface area contributed by atoms with Crippen LogP contribution < -0.4 is 5.32 Å². The first kappa shape index (κ1) is 12.7. The first-order valence-electron chi connectivity index (χ1n) is 5.64. The van der Waals surface area contributed by atoms with E-state index in [1.54, 1.807) is 30.1 Å². The van der Waals surface area contributed by atoms with E-state index in [1.807, 2.05) is 0 Å². The molecule has 1 heterocycles. The number of halogens is 1. The minimum Gasteiger partial charge on any atom is -0.387 e. The van der Waals surface area contributed by atoms with Gasteiger partial charge in [-0.2, -0.15) is 0 Å². The zero-order chi connectivity index (χ0) is 13.0. The van der Waals surface area contributed by atoms with Gasteiger partial charge in [-0.1, -0.05) is 17.3 Å². The Labute approximate surface area is 104 Å². The largest absolute Gasteiger partial charge is 0.387 e. The van der Waals surface area contributed by atoms with E-state index in [1.165, 1.54) is 12.1 Å². The van der Waals surface area contributed by atoms with Gasteiger partial charge in [-0.3, -0.25) is 4.68 Å². The summed E-state index contributed by atoms with van der Waals surface area (Å²) in [6.07, 6.45) is 1.00. The molecule has 0 spiro atoms. The number of hydrogen-bond donors (Lipinski definition) is 2. The predicted molar refractivity (Wildman–Crippen MR) is 64.1 cm³/mol. The highest BCUT2D eigenvalue weighted by Gasteiger charge is 2.07. The van der Waals surface area contributed by atoms with E-state index < -0.39 is 6.10 Å². The smallest absolute Gasteiger partial charge is 0.123 e. The number of nitrogens with one attached hydrogen (secondary N) is 1. The Morgan fingerprint density at radius 2 is 2.11 bits per heavy atom. The van der Waals surface area contributed by atoms with Crippen molar-refractivity contribution < 1.29 is 9.50 Å². The zero-order valence-electron chi connectivity index (χ0n) is 10.0. The second-order valence-corrected chi connectivity index (χ2v) is 4.05. The van der Waals surface area contributed by atoms with Crippen molar-refractivity contribution in [2.75, 3.05) is 6.54 Å². The van der Waals surface area contributed by atoms with Gasteiger partial charge in [0.05, 0.1) is 18.0 Å². The molecule has 0 amide bonds. The molecule has 2 N–H and O–H groups in total. The average Bonchev–Trinajstić information content (AvgIpc) is 2.76. The molecule has 0 saturated carbocycles. The molecule has 0 aliphatic heterocycles. The Hall–Kier alpha value is -1.79. The molecular formula is C12H15FN4O. The van der Waals surface area contributed by atoms with E-state index in [0.717, 1.165) is 5.69 Å². The van der Waals surface area contributed by atoms with Gasteiger partial charge in [0.1, 0.15) is 5.82 Å². The molecule has 1 aromatic heterocycles. The van der Waals surface area contributed by atoms with E-state index in [2.05, 4.69) is 15.6 Å². The molecule has 0 saturated heterocycles. The average molecular weight is 250 g/mol. The normalized spacial score (nSPS) is 12.6. The summed E-state index contributed by atoms with van der Waals surface area (Å²) in [5.41, 5.74) is 1.62. The van der Waals surface area contributed by atoms with Gasteiger partial charge in [-0.15, -0.1) is 5.10 Å². The maximum Gasteiger partial charge on any atom is 0.123 e. The number of rotatable bonds is 5. The summed E-state index contributed by atoms with van der Waals surface area (Å²) in [7, 11) is 1.81. The highest BCUT2D eigenvalue weighted by molar-refractivity contribution is 5.18. The van der Waals surface area contributed by atoms with Crippen LogP contribution in [0.4, 0.5) is 4.39 Å². The molecule has 6 heteroatoms. The predicted octanol–water partition coefficient (Wildman–Crippen LogP) is 0.777. The van der Waals surface area contributed by atoms with Crippen molar-refractivity contribution in [3.05, 3.63) is 47.5 Å². The fourth-order valence-electron chi connectivity index (χ4n) is 1.61. The van der Waals surface area contributed by atoms with Crippen LogP contribution in [0, 0.1) is 5.82 Å². The molecule has 0 radical (unpaired) electrons. The van der Waals surface area contributed by atoms with E-state index >= 15 is 0 Å². The van der Waals surface area contributed by atoms with Gasteiger partial charge in [0.15, 0.2) is 0 Å². The van der Waals surface area contributed by atoms with E-state index in [0.29, 0.717) is 18.7 Å². The van der Waals surface area contributed by atoms with Crippen LogP contribution in [0.5, 0.6) is 0 Å². The lowest BCUT2D eigenvalue weighted by molar-refractivity contribution is 0.174. The fraction of sp³-hybridized carbons (Fsp3) is 0.333. The third-order valence-electron chi connectivity index (χ3n) is 2.71. The van der Waals surface area contributed by atoms with Crippen molar-refractivity contribution in [3.63, 3.8) is 0 Å². The molecule has 1 atom stereocenters. The van der Waals surface area contributed by atoms with Crippen LogP contribution in [0.15, 0.2) is 30.5 Å². The Morgan fingerprint density at radius 1 is 1.39 bits per heavy atom. The Kier molecular flexibility index (Phi) is 4.01. The molecule has 2 rings (SSSR count). The first-order chi connectivity index (χ1) is 8.66. The quantitative estimate of drug-likeness (QED) is 0.823. The highest BCUT2D eigenvalue weighted by Crippen LogP contribution is 2.12. The second-order valence-electron chi connectivity index (χ2n) is 4.05. The van der Waals surface area contributed by atoms with Gasteiger partial charge < -0.3 is 10.4 Å². The summed E-state index contributed by atoms with van der Waals surface area (Å²) in [6.45, 7) is 0.957. The summed E-state index contributed by atoms with van der Waals surface area (Å²) in [5.74, 6) is -0.306. The Bertz CT molecular complexity index is 497. The third-order valence-corrected chi connectivity index (χ3v) is 2.71. The van der Waals surface area contributed by atoms with Crippen molar-refractivity contribution in [1.29, 1.82) is 0 Å². The van der Waals surface area contributed by atoms with Crippen LogP contribution in [0.2, 0.25) is 0 Å². The van der Waals surface area contributed by atoms with E-state index in [9.17, 15) is 9.50 Å². The number of benzene rings is 1. The molecule has 5 nitrogen and oxygen atoms in total. The minimum atomic E-state index is -0.660. The maximum atomic E-state index is 12.7. The summed E-state index contributed by atoms with van der Waals surface area (Å²) >= 11 is 0. The molecule has 96 valence electrons. The molecule has 2 aromatic rings. The van der Waals surface area contributed by atoms with Gasteiger partial charge in [0, 0.05) is 20.1 Å². The SMILES string of the molecule is Cn1nncc1CNCC(O)c1ccc(F)cc1. The van der Waals surface area contributed by atoms with Crippen molar-refractivity contribution in [3.8, 4) is 0 Å². The second kappa shape index (κ2) is 5.70. The van der Waals surface area contributed by atoms with Crippen molar-refractivity contribution in [1.82, 2.24) is 20.3 Å². The summed E-state index contributed by atoms with van der Waals surface area (Å²) in [5, 5.41) is 20.5. The van der Waals surface area contributed by atoms with Crippen LogP contribution in [0.3, 0.4) is 0 Å². The lowest BCUT2D eigenvalue weighted by Crippen LogP contribution is -2.22. The summed E-state index contributed by atoms with van der Waals surface area (Å²) < 4.78 is 14.4. The topological polar surface area (TPSA) is 63.0 Å². The number of aryl methyl sites for hydroxylation is 1. The molecule has 1 unspecified atom stereocenters. The number of nitrogens with zero attached hydrogens (tertiary/aromatic N) is 3. The van der Waals surface area contributed by atoms with E-state index in [4.69, 9.17) is 0 Å². The zero-order valence-corrected chi connectivity index (χ0v) is 10.0. The van der Waals surface area contributed by atoms with Crippen LogP contribution in [0.1, 0.15) is 17.4 Å².